The monoisotopic (exact) mass is 266 g/mol. The van der Waals surface area contributed by atoms with Gasteiger partial charge in [0.25, 0.3) is 0 Å². The summed E-state index contributed by atoms with van der Waals surface area (Å²) in [6.07, 6.45) is 0.939. The normalized spacial score (nSPS) is 9.84. The Labute approximate surface area is 112 Å². The van der Waals surface area contributed by atoms with Crippen LogP contribution in [0.2, 0.25) is 0 Å². The molecule has 1 aromatic rings. The first-order chi connectivity index (χ1) is 9.12. The molecule has 1 rings (SSSR count). The summed E-state index contributed by atoms with van der Waals surface area (Å²) < 4.78 is 14.8. The quantitative estimate of drug-likeness (QED) is 0.737. The number of esters is 2. The van der Waals surface area contributed by atoms with Gasteiger partial charge in [0, 0.05) is 0 Å². The van der Waals surface area contributed by atoms with Gasteiger partial charge < -0.3 is 14.2 Å². The maximum absolute atomic E-state index is 11.5. The first-order valence-corrected chi connectivity index (χ1v) is 6.03. The smallest absolute Gasteiger partial charge is 0.341 e. The summed E-state index contributed by atoms with van der Waals surface area (Å²) in [6.45, 7) is 2.34. The van der Waals surface area contributed by atoms with Crippen molar-refractivity contribution in [2.75, 3.05) is 20.8 Å². The van der Waals surface area contributed by atoms with Crippen LogP contribution >= 0.6 is 0 Å². The maximum atomic E-state index is 11.5. The van der Waals surface area contributed by atoms with Gasteiger partial charge in [0.1, 0.15) is 11.3 Å². The lowest BCUT2D eigenvalue weighted by molar-refractivity contribution is -0.142. The van der Waals surface area contributed by atoms with E-state index in [2.05, 4.69) is 4.74 Å². The lowest BCUT2D eigenvalue weighted by Crippen LogP contribution is -2.10. The van der Waals surface area contributed by atoms with Gasteiger partial charge in [0.2, 0.25) is 0 Å². The van der Waals surface area contributed by atoms with E-state index in [1.54, 1.807) is 18.2 Å². The Morgan fingerprint density at radius 3 is 2.53 bits per heavy atom. The molecule has 0 aliphatic rings. The SMILES string of the molecule is CCCOC(=O)Cc1ccc(C(=O)OC)c(OC)c1. The topological polar surface area (TPSA) is 61.8 Å². The summed E-state index contributed by atoms with van der Waals surface area (Å²) in [4.78, 5) is 23.0. The highest BCUT2D eigenvalue weighted by atomic mass is 16.5. The van der Waals surface area contributed by atoms with Gasteiger partial charge in [-0.2, -0.15) is 0 Å². The van der Waals surface area contributed by atoms with Gasteiger partial charge in [-0.3, -0.25) is 4.79 Å². The molecule has 0 saturated carbocycles. The van der Waals surface area contributed by atoms with E-state index in [9.17, 15) is 9.59 Å². The minimum Gasteiger partial charge on any atom is -0.496 e. The van der Waals surface area contributed by atoms with E-state index in [1.807, 2.05) is 6.92 Å². The van der Waals surface area contributed by atoms with Crippen molar-refractivity contribution < 1.29 is 23.8 Å². The average Bonchev–Trinajstić information content (AvgIpc) is 2.44. The molecule has 0 unspecified atom stereocenters. The number of hydrogen-bond donors (Lipinski definition) is 0. The first-order valence-electron chi connectivity index (χ1n) is 6.03. The Bertz CT molecular complexity index is 453. The van der Waals surface area contributed by atoms with Crippen molar-refractivity contribution in [1.29, 1.82) is 0 Å². The fourth-order valence-electron chi connectivity index (χ4n) is 1.56. The Balaban J connectivity index is 2.82. The van der Waals surface area contributed by atoms with Crippen LogP contribution < -0.4 is 4.74 Å². The van der Waals surface area contributed by atoms with Gasteiger partial charge in [0.05, 0.1) is 27.2 Å². The molecule has 0 bridgehead atoms. The molecular formula is C14H18O5. The molecular weight excluding hydrogens is 248 g/mol. The number of carbonyl (C=O) groups excluding carboxylic acids is 2. The first kappa shape index (κ1) is 15.0. The van der Waals surface area contributed by atoms with Crippen LogP contribution in [0.15, 0.2) is 18.2 Å². The van der Waals surface area contributed by atoms with Crippen LogP contribution in [0.25, 0.3) is 0 Å². The molecule has 0 aliphatic heterocycles. The highest BCUT2D eigenvalue weighted by molar-refractivity contribution is 5.92. The minimum absolute atomic E-state index is 0.151. The molecule has 0 saturated heterocycles. The fourth-order valence-corrected chi connectivity index (χ4v) is 1.56. The van der Waals surface area contributed by atoms with E-state index in [0.29, 0.717) is 17.9 Å². The zero-order valence-electron chi connectivity index (χ0n) is 11.4. The van der Waals surface area contributed by atoms with Crippen LogP contribution in [0.5, 0.6) is 5.75 Å². The van der Waals surface area contributed by atoms with E-state index in [-0.39, 0.29) is 12.4 Å². The molecule has 0 heterocycles. The van der Waals surface area contributed by atoms with E-state index >= 15 is 0 Å². The number of hydrogen-bond acceptors (Lipinski definition) is 5. The molecule has 0 spiro atoms. The van der Waals surface area contributed by atoms with Crippen LogP contribution in [0, 0.1) is 0 Å². The molecule has 5 heteroatoms. The lowest BCUT2D eigenvalue weighted by Gasteiger charge is -2.09. The van der Waals surface area contributed by atoms with Gasteiger partial charge in [0.15, 0.2) is 0 Å². The Hall–Kier alpha value is -2.04. The van der Waals surface area contributed by atoms with Crippen LogP contribution in [0.3, 0.4) is 0 Å². The summed E-state index contributed by atoms with van der Waals surface area (Å²) in [7, 11) is 2.76. The van der Waals surface area contributed by atoms with Crippen LogP contribution in [-0.2, 0) is 20.7 Å². The molecule has 1 aromatic carbocycles. The van der Waals surface area contributed by atoms with Gasteiger partial charge in [-0.1, -0.05) is 13.0 Å². The second kappa shape index (κ2) is 7.41. The average molecular weight is 266 g/mol. The predicted octanol–water partition coefficient (Wildman–Crippen LogP) is 1.98. The van der Waals surface area contributed by atoms with E-state index < -0.39 is 5.97 Å². The third-order valence-corrected chi connectivity index (χ3v) is 2.49. The summed E-state index contributed by atoms with van der Waals surface area (Å²) >= 11 is 0. The molecule has 0 aliphatic carbocycles. The molecule has 0 radical (unpaired) electrons. The number of rotatable bonds is 6. The van der Waals surface area contributed by atoms with Crippen molar-refractivity contribution in [2.24, 2.45) is 0 Å². The third-order valence-electron chi connectivity index (χ3n) is 2.49. The summed E-state index contributed by atoms with van der Waals surface area (Å²) in [5, 5.41) is 0. The Kier molecular flexibility index (Phi) is 5.85. The Morgan fingerprint density at radius 2 is 1.95 bits per heavy atom. The molecule has 0 atom stereocenters. The molecule has 0 fully saturated rings. The van der Waals surface area contributed by atoms with Gasteiger partial charge in [-0.15, -0.1) is 0 Å². The van der Waals surface area contributed by atoms with E-state index in [1.165, 1.54) is 14.2 Å². The zero-order valence-corrected chi connectivity index (χ0v) is 11.4. The second-order valence-corrected chi connectivity index (χ2v) is 3.92. The molecule has 0 N–H and O–H groups in total. The largest absolute Gasteiger partial charge is 0.496 e. The third kappa shape index (κ3) is 4.28. The van der Waals surface area contributed by atoms with Crippen molar-refractivity contribution in [3.63, 3.8) is 0 Å². The van der Waals surface area contributed by atoms with Crippen molar-refractivity contribution in [2.45, 2.75) is 19.8 Å². The molecule has 5 nitrogen and oxygen atoms in total. The highest BCUT2D eigenvalue weighted by Crippen LogP contribution is 2.21. The van der Waals surface area contributed by atoms with Gasteiger partial charge >= 0.3 is 11.9 Å². The molecule has 19 heavy (non-hydrogen) atoms. The van der Waals surface area contributed by atoms with Crippen molar-refractivity contribution >= 4 is 11.9 Å². The Morgan fingerprint density at radius 1 is 1.21 bits per heavy atom. The predicted molar refractivity (Wildman–Crippen MR) is 69.3 cm³/mol. The number of ether oxygens (including phenoxy) is 3. The van der Waals surface area contributed by atoms with E-state index in [0.717, 1.165) is 12.0 Å². The zero-order chi connectivity index (χ0) is 14.3. The van der Waals surface area contributed by atoms with E-state index in [4.69, 9.17) is 9.47 Å². The summed E-state index contributed by atoms with van der Waals surface area (Å²) in [6, 6.07) is 4.90. The molecule has 104 valence electrons. The number of methoxy groups -OCH3 is 2. The number of carbonyl (C=O) groups is 2. The summed E-state index contributed by atoms with van der Waals surface area (Å²) in [5.74, 6) is -0.390. The standard InChI is InChI=1S/C14H18O5/c1-4-7-19-13(15)9-10-5-6-11(14(16)18-3)12(8-10)17-2/h5-6,8H,4,7,9H2,1-3H3. The summed E-state index contributed by atoms with van der Waals surface area (Å²) in [5.41, 5.74) is 1.06. The highest BCUT2D eigenvalue weighted by Gasteiger charge is 2.14. The lowest BCUT2D eigenvalue weighted by atomic mass is 10.1. The van der Waals surface area contributed by atoms with Crippen molar-refractivity contribution in [3.8, 4) is 5.75 Å². The number of benzene rings is 1. The molecule has 0 aromatic heterocycles. The van der Waals surface area contributed by atoms with Crippen LogP contribution in [0.1, 0.15) is 29.3 Å². The van der Waals surface area contributed by atoms with Crippen molar-refractivity contribution in [1.82, 2.24) is 0 Å². The minimum atomic E-state index is -0.475. The van der Waals surface area contributed by atoms with Crippen LogP contribution in [-0.4, -0.2) is 32.8 Å². The van der Waals surface area contributed by atoms with Gasteiger partial charge in [-0.25, -0.2) is 4.79 Å². The molecule has 0 amide bonds. The maximum Gasteiger partial charge on any atom is 0.341 e. The van der Waals surface area contributed by atoms with Crippen LogP contribution in [0.4, 0.5) is 0 Å². The fraction of sp³-hybridized carbons (Fsp3) is 0.429. The van der Waals surface area contributed by atoms with Gasteiger partial charge in [-0.05, 0) is 24.1 Å². The second-order valence-electron chi connectivity index (χ2n) is 3.92. The van der Waals surface area contributed by atoms with Crippen molar-refractivity contribution in [3.05, 3.63) is 29.3 Å².